The zero-order valence-electron chi connectivity index (χ0n) is 12.7. The van der Waals surface area contributed by atoms with E-state index < -0.39 is 0 Å². The number of hydrogen-bond donors (Lipinski definition) is 1. The van der Waals surface area contributed by atoms with Gasteiger partial charge in [-0.05, 0) is 44.2 Å². The normalized spacial score (nSPS) is 18.7. The average molecular weight is 303 g/mol. The van der Waals surface area contributed by atoms with Crippen molar-refractivity contribution in [2.45, 2.75) is 32.4 Å². The molecular formula is C17H21NO2S. The van der Waals surface area contributed by atoms with E-state index in [1.807, 2.05) is 23.5 Å². The monoisotopic (exact) mass is 303 g/mol. The van der Waals surface area contributed by atoms with Gasteiger partial charge >= 0.3 is 0 Å². The predicted molar refractivity (Wildman–Crippen MR) is 86.5 cm³/mol. The molecule has 1 N–H and O–H groups in total. The Bertz CT molecular complexity index is 623. The van der Waals surface area contributed by atoms with Gasteiger partial charge in [0.2, 0.25) is 0 Å². The summed E-state index contributed by atoms with van der Waals surface area (Å²) in [6, 6.07) is 11.1. The first-order valence-electron chi connectivity index (χ1n) is 7.30. The molecule has 0 aliphatic carbocycles. The van der Waals surface area contributed by atoms with Crippen molar-refractivity contribution in [3.8, 4) is 11.5 Å². The Balaban J connectivity index is 1.81. The molecule has 0 fully saturated rings. The third-order valence-corrected chi connectivity index (χ3v) is 5.08. The number of ether oxygens (including phenoxy) is 2. The minimum Gasteiger partial charge on any atom is -0.497 e. The van der Waals surface area contributed by atoms with Gasteiger partial charge in [-0.2, -0.15) is 0 Å². The Morgan fingerprint density at radius 3 is 2.90 bits per heavy atom. The van der Waals surface area contributed by atoms with Crippen LogP contribution in [0.1, 0.15) is 40.7 Å². The summed E-state index contributed by atoms with van der Waals surface area (Å²) in [4.78, 5) is 2.73. The topological polar surface area (TPSA) is 30.5 Å². The zero-order valence-corrected chi connectivity index (χ0v) is 13.5. The van der Waals surface area contributed by atoms with E-state index in [0.717, 1.165) is 24.5 Å². The zero-order chi connectivity index (χ0) is 14.8. The van der Waals surface area contributed by atoms with Gasteiger partial charge in [-0.15, -0.1) is 11.3 Å². The molecule has 0 amide bonds. The molecule has 21 heavy (non-hydrogen) atoms. The van der Waals surface area contributed by atoms with Crippen LogP contribution in [0.25, 0.3) is 0 Å². The van der Waals surface area contributed by atoms with Crippen LogP contribution in [0, 0.1) is 6.92 Å². The molecule has 4 heteroatoms. The molecule has 1 aromatic carbocycles. The van der Waals surface area contributed by atoms with Crippen LogP contribution in [0.3, 0.4) is 0 Å². The number of hydrogen-bond acceptors (Lipinski definition) is 4. The molecule has 1 aromatic heterocycles. The maximum atomic E-state index is 5.75. The molecule has 0 saturated heterocycles. The fourth-order valence-corrected chi connectivity index (χ4v) is 3.63. The summed E-state index contributed by atoms with van der Waals surface area (Å²) in [5, 5.41) is 3.73. The number of rotatable bonds is 4. The van der Waals surface area contributed by atoms with Gasteiger partial charge in [0.05, 0.1) is 13.7 Å². The number of benzene rings is 1. The van der Waals surface area contributed by atoms with Gasteiger partial charge in [0.1, 0.15) is 11.5 Å². The van der Waals surface area contributed by atoms with E-state index in [9.17, 15) is 0 Å². The molecule has 3 rings (SSSR count). The molecule has 1 aliphatic heterocycles. The van der Waals surface area contributed by atoms with Gasteiger partial charge in [-0.1, -0.05) is 0 Å². The molecule has 2 atom stereocenters. The highest BCUT2D eigenvalue weighted by Crippen LogP contribution is 2.36. The van der Waals surface area contributed by atoms with Crippen LogP contribution in [0.4, 0.5) is 0 Å². The SMILES string of the molecule is COc1ccc2c(c1)C(NC(C)c1ccc(C)s1)CCO2. The highest BCUT2D eigenvalue weighted by molar-refractivity contribution is 7.12. The van der Waals surface area contributed by atoms with Crippen molar-refractivity contribution in [1.29, 1.82) is 0 Å². The van der Waals surface area contributed by atoms with Crippen molar-refractivity contribution in [2.24, 2.45) is 0 Å². The van der Waals surface area contributed by atoms with Crippen molar-refractivity contribution in [3.63, 3.8) is 0 Å². The predicted octanol–water partition coefficient (Wildman–Crippen LogP) is 4.24. The van der Waals surface area contributed by atoms with Gasteiger partial charge < -0.3 is 14.8 Å². The lowest BCUT2D eigenvalue weighted by Crippen LogP contribution is -2.29. The van der Waals surface area contributed by atoms with Gasteiger partial charge in [-0.3, -0.25) is 0 Å². The molecule has 2 aromatic rings. The average Bonchev–Trinajstić information content (AvgIpc) is 2.94. The lowest BCUT2D eigenvalue weighted by Gasteiger charge is -2.29. The standard InChI is InChI=1S/C17H21NO2S/c1-11-4-7-17(21-11)12(2)18-15-8-9-20-16-6-5-13(19-3)10-14(15)16/h4-7,10,12,15,18H,8-9H2,1-3H3. The second-order valence-electron chi connectivity index (χ2n) is 5.43. The van der Waals surface area contributed by atoms with Crippen LogP contribution in [0.5, 0.6) is 11.5 Å². The van der Waals surface area contributed by atoms with Crippen LogP contribution in [0.2, 0.25) is 0 Å². The lowest BCUT2D eigenvalue weighted by atomic mass is 9.99. The molecule has 0 spiro atoms. The van der Waals surface area contributed by atoms with Crippen LogP contribution in [-0.2, 0) is 0 Å². The molecule has 3 nitrogen and oxygen atoms in total. The maximum absolute atomic E-state index is 5.75. The Morgan fingerprint density at radius 1 is 1.33 bits per heavy atom. The van der Waals surface area contributed by atoms with Crippen molar-refractivity contribution < 1.29 is 9.47 Å². The molecule has 0 radical (unpaired) electrons. The fraction of sp³-hybridized carbons (Fsp3) is 0.412. The van der Waals surface area contributed by atoms with E-state index in [1.165, 1.54) is 15.3 Å². The lowest BCUT2D eigenvalue weighted by molar-refractivity contribution is 0.245. The van der Waals surface area contributed by atoms with Crippen molar-refractivity contribution in [3.05, 3.63) is 45.6 Å². The van der Waals surface area contributed by atoms with E-state index in [-0.39, 0.29) is 0 Å². The number of fused-ring (bicyclic) bond motifs is 1. The Morgan fingerprint density at radius 2 is 2.19 bits per heavy atom. The maximum Gasteiger partial charge on any atom is 0.124 e. The quantitative estimate of drug-likeness (QED) is 0.916. The molecule has 112 valence electrons. The van der Waals surface area contributed by atoms with Crippen molar-refractivity contribution in [2.75, 3.05) is 13.7 Å². The molecule has 0 bridgehead atoms. The van der Waals surface area contributed by atoms with Gasteiger partial charge in [0.15, 0.2) is 0 Å². The van der Waals surface area contributed by atoms with E-state index in [2.05, 4.69) is 37.4 Å². The van der Waals surface area contributed by atoms with Gasteiger partial charge in [-0.25, -0.2) is 0 Å². The highest BCUT2D eigenvalue weighted by atomic mass is 32.1. The molecule has 2 unspecified atom stereocenters. The minimum atomic E-state index is 0.307. The van der Waals surface area contributed by atoms with Crippen LogP contribution >= 0.6 is 11.3 Å². The molecule has 0 saturated carbocycles. The Hall–Kier alpha value is -1.52. The first-order valence-corrected chi connectivity index (χ1v) is 8.12. The van der Waals surface area contributed by atoms with E-state index in [1.54, 1.807) is 7.11 Å². The third-order valence-electron chi connectivity index (χ3n) is 3.90. The fourth-order valence-electron chi connectivity index (χ4n) is 2.74. The summed E-state index contributed by atoms with van der Waals surface area (Å²) in [7, 11) is 1.70. The van der Waals surface area contributed by atoms with Crippen LogP contribution < -0.4 is 14.8 Å². The summed E-state index contributed by atoms with van der Waals surface area (Å²) >= 11 is 1.85. The molecular weight excluding hydrogens is 282 g/mol. The van der Waals surface area contributed by atoms with E-state index >= 15 is 0 Å². The Labute approximate surface area is 129 Å². The van der Waals surface area contributed by atoms with Crippen molar-refractivity contribution in [1.82, 2.24) is 5.32 Å². The van der Waals surface area contributed by atoms with Crippen LogP contribution in [0.15, 0.2) is 30.3 Å². The number of aryl methyl sites for hydroxylation is 1. The van der Waals surface area contributed by atoms with Gasteiger partial charge in [0, 0.05) is 33.8 Å². The largest absolute Gasteiger partial charge is 0.497 e. The second-order valence-corrected chi connectivity index (χ2v) is 6.75. The number of thiophene rings is 1. The van der Waals surface area contributed by atoms with Gasteiger partial charge in [0.25, 0.3) is 0 Å². The summed E-state index contributed by atoms with van der Waals surface area (Å²) < 4.78 is 11.1. The second kappa shape index (κ2) is 6.08. The van der Waals surface area contributed by atoms with E-state index in [4.69, 9.17) is 9.47 Å². The number of methoxy groups -OCH3 is 1. The smallest absolute Gasteiger partial charge is 0.124 e. The minimum absolute atomic E-state index is 0.307. The third kappa shape index (κ3) is 3.06. The summed E-state index contributed by atoms with van der Waals surface area (Å²) in [6.45, 7) is 5.13. The first kappa shape index (κ1) is 14.4. The first-order chi connectivity index (χ1) is 10.2. The summed E-state index contributed by atoms with van der Waals surface area (Å²) in [5.41, 5.74) is 1.20. The molecule has 2 heterocycles. The highest BCUT2D eigenvalue weighted by Gasteiger charge is 2.24. The van der Waals surface area contributed by atoms with E-state index in [0.29, 0.717) is 12.1 Å². The Kier molecular flexibility index (Phi) is 4.17. The molecule has 1 aliphatic rings. The summed E-state index contributed by atoms with van der Waals surface area (Å²) in [5.74, 6) is 1.85. The number of nitrogens with one attached hydrogen (secondary N) is 1. The van der Waals surface area contributed by atoms with Crippen molar-refractivity contribution >= 4 is 11.3 Å². The summed E-state index contributed by atoms with van der Waals surface area (Å²) in [6.07, 6.45) is 0.981. The van der Waals surface area contributed by atoms with Crippen LogP contribution in [-0.4, -0.2) is 13.7 Å².